The van der Waals surface area contributed by atoms with E-state index in [1.54, 1.807) is 28.9 Å². The molecule has 8 heteroatoms. The fraction of sp³-hybridized carbons (Fsp3) is 0.100. The minimum atomic E-state index is -0.454. The first kappa shape index (κ1) is 23.3. The number of aromatic nitrogens is 3. The molecule has 3 amide bonds. The number of anilines is 2. The average molecular weight is 502 g/mol. The molecule has 0 spiro atoms. The molecule has 6 rings (SSSR count). The van der Waals surface area contributed by atoms with Gasteiger partial charge in [-0.25, -0.2) is 9.88 Å². The molecule has 3 heterocycles. The minimum Gasteiger partial charge on any atom is -0.306 e. The predicted molar refractivity (Wildman–Crippen MR) is 145 cm³/mol. The van der Waals surface area contributed by atoms with Crippen LogP contribution in [-0.2, 0) is 6.42 Å². The predicted octanol–water partition coefficient (Wildman–Crippen LogP) is 5.34. The lowest BCUT2D eigenvalue weighted by Crippen LogP contribution is -2.29. The number of nitrogens with zero attached hydrogens (tertiary/aromatic N) is 4. The Bertz CT molecular complexity index is 1750. The van der Waals surface area contributed by atoms with Crippen LogP contribution in [0.15, 0.2) is 84.9 Å². The highest BCUT2D eigenvalue weighted by atomic mass is 16.2. The molecule has 0 radical (unpaired) electrons. The van der Waals surface area contributed by atoms with Gasteiger partial charge in [0.15, 0.2) is 5.82 Å². The third kappa shape index (κ3) is 3.92. The van der Waals surface area contributed by atoms with Crippen LogP contribution in [0.3, 0.4) is 0 Å². The summed E-state index contributed by atoms with van der Waals surface area (Å²) in [6, 6.07) is 25.1. The average Bonchev–Trinajstić information content (AvgIpc) is 3.43. The molecule has 5 aromatic rings. The van der Waals surface area contributed by atoms with Crippen LogP contribution in [0.1, 0.15) is 49.3 Å². The SMILES string of the molecule is CCc1ccc(N2C(=O)c3ccc(C(=O)Nc4cc(C)nn4-c4ccc5ccccc5n4)cc3C2=O)cc1. The molecule has 8 nitrogen and oxygen atoms in total. The van der Waals surface area contributed by atoms with Gasteiger partial charge in [0, 0.05) is 17.0 Å². The van der Waals surface area contributed by atoms with E-state index in [-0.39, 0.29) is 16.7 Å². The zero-order valence-corrected chi connectivity index (χ0v) is 20.8. The van der Waals surface area contributed by atoms with Gasteiger partial charge in [-0.15, -0.1) is 0 Å². The standard InChI is InChI=1S/C30H23N5O3/c1-3-19-8-12-22(13-9-19)34-29(37)23-14-10-21(17-24(23)30(34)38)28(36)32-27-16-18(2)33-35(27)26-15-11-20-6-4-5-7-25(20)31-26/h4-17H,3H2,1-2H3,(H,32,36). The Balaban J connectivity index is 1.28. The van der Waals surface area contributed by atoms with Crippen molar-refractivity contribution in [3.8, 4) is 5.82 Å². The quantitative estimate of drug-likeness (QED) is 0.328. The zero-order chi connectivity index (χ0) is 26.4. The molecule has 0 atom stereocenters. The monoisotopic (exact) mass is 501 g/mol. The van der Waals surface area contributed by atoms with Crippen molar-refractivity contribution in [2.24, 2.45) is 0 Å². The molecule has 0 fully saturated rings. The molecular formula is C30H23N5O3. The second kappa shape index (κ2) is 9.08. The van der Waals surface area contributed by atoms with Crippen molar-refractivity contribution >= 4 is 40.1 Å². The van der Waals surface area contributed by atoms with Crippen molar-refractivity contribution in [1.82, 2.24) is 14.8 Å². The third-order valence-corrected chi connectivity index (χ3v) is 6.63. The molecule has 0 saturated carbocycles. The van der Waals surface area contributed by atoms with E-state index >= 15 is 0 Å². The molecule has 0 bridgehead atoms. The van der Waals surface area contributed by atoms with Crippen LogP contribution in [-0.4, -0.2) is 32.5 Å². The van der Waals surface area contributed by atoms with E-state index in [9.17, 15) is 14.4 Å². The lowest BCUT2D eigenvalue weighted by Gasteiger charge is -2.14. The van der Waals surface area contributed by atoms with Gasteiger partial charge >= 0.3 is 0 Å². The summed E-state index contributed by atoms with van der Waals surface area (Å²) in [6.45, 7) is 3.87. The maximum absolute atomic E-state index is 13.2. The maximum atomic E-state index is 13.2. The molecule has 1 aliphatic heterocycles. The van der Waals surface area contributed by atoms with E-state index in [4.69, 9.17) is 0 Å². The number of hydrogen-bond acceptors (Lipinski definition) is 5. The normalized spacial score (nSPS) is 12.7. The van der Waals surface area contributed by atoms with Crippen LogP contribution in [0, 0.1) is 6.92 Å². The zero-order valence-electron chi connectivity index (χ0n) is 20.8. The summed E-state index contributed by atoms with van der Waals surface area (Å²) < 4.78 is 1.57. The number of benzene rings is 3. The Labute approximate surface area is 218 Å². The van der Waals surface area contributed by atoms with Gasteiger partial charge in [0.25, 0.3) is 17.7 Å². The number of carbonyl (C=O) groups is 3. The number of para-hydroxylation sites is 1. The Kier molecular flexibility index (Phi) is 5.57. The molecule has 0 unspecified atom stereocenters. The van der Waals surface area contributed by atoms with Crippen LogP contribution in [0.5, 0.6) is 0 Å². The number of fused-ring (bicyclic) bond motifs is 2. The summed E-state index contributed by atoms with van der Waals surface area (Å²) in [5, 5.41) is 8.38. The van der Waals surface area contributed by atoms with Crippen molar-refractivity contribution in [3.63, 3.8) is 0 Å². The highest BCUT2D eigenvalue weighted by Crippen LogP contribution is 2.30. The first-order valence-corrected chi connectivity index (χ1v) is 12.3. The number of hydrogen-bond donors (Lipinski definition) is 1. The Morgan fingerprint density at radius 3 is 2.42 bits per heavy atom. The molecule has 2 aromatic heterocycles. The van der Waals surface area contributed by atoms with Gasteiger partial charge in [-0.05, 0) is 67.4 Å². The molecule has 3 aromatic carbocycles. The van der Waals surface area contributed by atoms with Gasteiger partial charge in [0.1, 0.15) is 5.82 Å². The minimum absolute atomic E-state index is 0.197. The topological polar surface area (TPSA) is 97.2 Å². The van der Waals surface area contributed by atoms with Crippen molar-refractivity contribution < 1.29 is 14.4 Å². The van der Waals surface area contributed by atoms with Crippen LogP contribution >= 0.6 is 0 Å². The smallest absolute Gasteiger partial charge is 0.266 e. The van der Waals surface area contributed by atoms with Gasteiger partial charge in [-0.3, -0.25) is 14.4 Å². The molecule has 1 aliphatic rings. The van der Waals surface area contributed by atoms with Crippen LogP contribution in [0.25, 0.3) is 16.7 Å². The van der Waals surface area contributed by atoms with E-state index in [1.165, 1.54) is 12.1 Å². The molecular weight excluding hydrogens is 478 g/mol. The van der Waals surface area contributed by atoms with Gasteiger partial charge in [0.2, 0.25) is 0 Å². The molecule has 0 saturated heterocycles. The lowest BCUT2D eigenvalue weighted by molar-refractivity contribution is 0.0925. The van der Waals surface area contributed by atoms with E-state index < -0.39 is 17.7 Å². The van der Waals surface area contributed by atoms with Gasteiger partial charge in [-0.1, -0.05) is 37.3 Å². The van der Waals surface area contributed by atoms with E-state index in [0.29, 0.717) is 23.0 Å². The fourth-order valence-electron chi connectivity index (χ4n) is 4.62. The van der Waals surface area contributed by atoms with E-state index in [1.807, 2.05) is 62.4 Å². The highest BCUT2D eigenvalue weighted by Gasteiger charge is 2.37. The number of rotatable bonds is 5. The van der Waals surface area contributed by atoms with Crippen molar-refractivity contribution in [1.29, 1.82) is 0 Å². The maximum Gasteiger partial charge on any atom is 0.266 e. The number of nitrogens with one attached hydrogen (secondary N) is 1. The summed E-state index contributed by atoms with van der Waals surface area (Å²) in [5.74, 6) is -0.287. The third-order valence-electron chi connectivity index (χ3n) is 6.63. The van der Waals surface area contributed by atoms with Crippen molar-refractivity contribution in [2.75, 3.05) is 10.2 Å². The Morgan fingerprint density at radius 2 is 1.63 bits per heavy atom. The van der Waals surface area contributed by atoms with Crippen LogP contribution in [0.4, 0.5) is 11.5 Å². The Morgan fingerprint density at radius 1 is 0.868 bits per heavy atom. The van der Waals surface area contributed by atoms with E-state index in [0.717, 1.165) is 27.8 Å². The van der Waals surface area contributed by atoms with E-state index in [2.05, 4.69) is 15.4 Å². The summed E-state index contributed by atoms with van der Waals surface area (Å²) in [5.41, 5.74) is 3.85. The number of aryl methyl sites for hydroxylation is 2. The summed E-state index contributed by atoms with van der Waals surface area (Å²) in [4.78, 5) is 45.3. The summed E-state index contributed by atoms with van der Waals surface area (Å²) in [7, 11) is 0. The lowest BCUT2D eigenvalue weighted by atomic mass is 10.1. The van der Waals surface area contributed by atoms with Crippen LogP contribution < -0.4 is 10.2 Å². The number of imide groups is 1. The largest absolute Gasteiger partial charge is 0.306 e. The fourth-order valence-corrected chi connectivity index (χ4v) is 4.62. The molecule has 38 heavy (non-hydrogen) atoms. The first-order valence-electron chi connectivity index (χ1n) is 12.3. The van der Waals surface area contributed by atoms with Crippen molar-refractivity contribution in [3.05, 3.63) is 113 Å². The summed E-state index contributed by atoms with van der Waals surface area (Å²) in [6.07, 6.45) is 0.857. The van der Waals surface area contributed by atoms with Crippen molar-refractivity contribution in [2.45, 2.75) is 20.3 Å². The van der Waals surface area contributed by atoms with Crippen LogP contribution in [0.2, 0.25) is 0 Å². The van der Waals surface area contributed by atoms with Gasteiger partial charge in [0.05, 0.1) is 28.0 Å². The van der Waals surface area contributed by atoms with Gasteiger partial charge < -0.3 is 5.32 Å². The second-order valence-electron chi connectivity index (χ2n) is 9.13. The number of carbonyl (C=O) groups excluding carboxylic acids is 3. The number of pyridine rings is 1. The summed E-state index contributed by atoms with van der Waals surface area (Å²) >= 11 is 0. The Hall–Kier alpha value is -5.11. The molecule has 1 N–H and O–H groups in total. The highest BCUT2D eigenvalue weighted by molar-refractivity contribution is 6.34. The number of amides is 3. The molecule has 0 aliphatic carbocycles. The molecule has 186 valence electrons. The first-order chi connectivity index (χ1) is 18.4. The van der Waals surface area contributed by atoms with Gasteiger partial charge in [-0.2, -0.15) is 9.78 Å². The second-order valence-corrected chi connectivity index (χ2v) is 9.13.